The molecule has 0 bridgehead atoms. The van der Waals surface area contributed by atoms with Crippen LogP contribution in [0.4, 0.5) is 5.69 Å². The minimum Gasteiger partial charge on any atom is -0.282 e. The first kappa shape index (κ1) is 20.6. The number of hydrazone groups is 1. The van der Waals surface area contributed by atoms with Crippen LogP contribution in [0.3, 0.4) is 0 Å². The number of anilines is 1. The van der Waals surface area contributed by atoms with Gasteiger partial charge in [0, 0.05) is 16.7 Å². The van der Waals surface area contributed by atoms with Gasteiger partial charge in [0.1, 0.15) is 0 Å². The molecular weight excluding hydrogens is 410 g/mol. The van der Waals surface area contributed by atoms with Gasteiger partial charge in [-0.25, -0.2) is 13.8 Å². The first-order valence-electron chi connectivity index (χ1n) is 8.60. The monoisotopic (exact) mass is 427 g/mol. The van der Waals surface area contributed by atoms with Gasteiger partial charge in [-0.1, -0.05) is 72.3 Å². The molecule has 0 atom stereocenters. The molecule has 29 heavy (non-hydrogen) atoms. The summed E-state index contributed by atoms with van der Waals surface area (Å²) in [6.07, 6.45) is 1.01. The van der Waals surface area contributed by atoms with Crippen LogP contribution in [0.25, 0.3) is 0 Å². The summed E-state index contributed by atoms with van der Waals surface area (Å²) >= 11 is 6.01. The summed E-state index contributed by atoms with van der Waals surface area (Å²) in [5, 5.41) is 4.50. The Hall–Kier alpha value is -3.16. The van der Waals surface area contributed by atoms with Crippen LogP contribution in [0.1, 0.15) is 21.5 Å². The van der Waals surface area contributed by atoms with E-state index in [1.807, 2.05) is 60.7 Å². The zero-order chi connectivity index (χ0) is 20.9. The van der Waals surface area contributed by atoms with Crippen LogP contribution >= 0.6 is 11.6 Å². The molecule has 0 saturated carbocycles. The van der Waals surface area contributed by atoms with Crippen molar-refractivity contribution in [1.29, 1.82) is 0 Å². The van der Waals surface area contributed by atoms with Crippen LogP contribution < -0.4 is 10.1 Å². The van der Waals surface area contributed by atoms with Crippen LogP contribution in [0, 0.1) is 0 Å². The molecule has 0 fully saturated rings. The molecule has 0 aliphatic carbocycles. The van der Waals surface area contributed by atoms with E-state index in [0.717, 1.165) is 17.4 Å². The predicted molar refractivity (Wildman–Crippen MR) is 116 cm³/mol. The molecule has 0 aliphatic rings. The van der Waals surface area contributed by atoms with Crippen molar-refractivity contribution in [2.75, 3.05) is 11.0 Å². The lowest BCUT2D eigenvalue weighted by Gasteiger charge is -2.10. The summed E-state index contributed by atoms with van der Waals surface area (Å²) in [5.41, 5.74) is 5.15. The van der Waals surface area contributed by atoms with Gasteiger partial charge in [-0.3, -0.25) is 9.52 Å². The van der Waals surface area contributed by atoms with Gasteiger partial charge in [0.05, 0.1) is 22.7 Å². The molecule has 3 aromatic carbocycles. The maximum atomic E-state index is 12.6. The highest BCUT2D eigenvalue weighted by Crippen LogP contribution is 2.24. The van der Waals surface area contributed by atoms with Crippen molar-refractivity contribution in [2.24, 2.45) is 5.10 Å². The molecule has 0 spiro atoms. The van der Waals surface area contributed by atoms with E-state index in [0.29, 0.717) is 5.71 Å². The normalized spacial score (nSPS) is 10.8. The number of nitrogens with zero attached hydrogens (tertiary/aromatic N) is 1. The second kappa shape index (κ2) is 8.89. The SMILES string of the molecule is CS(=O)(=O)Nc1cc(C(=O)NN=C(c2ccccc2)c2ccccc2)ccc1Cl. The number of benzene rings is 3. The molecule has 0 unspecified atom stereocenters. The second-order valence-corrected chi connectivity index (χ2v) is 8.36. The molecule has 1 amide bonds. The lowest BCUT2D eigenvalue weighted by molar-refractivity contribution is 0.0955. The number of amides is 1. The highest BCUT2D eigenvalue weighted by molar-refractivity contribution is 7.92. The quantitative estimate of drug-likeness (QED) is 0.462. The van der Waals surface area contributed by atoms with Gasteiger partial charge in [-0.05, 0) is 18.2 Å². The molecule has 0 aliphatic heterocycles. The van der Waals surface area contributed by atoms with E-state index >= 15 is 0 Å². The summed E-state index contributed by atoms with van der Waals surface area (Å²) in [4.78, 5) is 12.6. The number of halogens is 1. The number of rotatable bonds is 6. The third kappa shape index (κ3) is 5.66. The lowest BCUT2D eigenvalue weighted by Crippen LogP contribution is -2.21. The van der Waals surface area contributed by atoms with Gasteiger partial charge >= 0.3 is 0 Å². The fourth-order valence-electron chi connectivity index (χ4n) is 2.60. The summed E-state index contributed by atoms with van der Waals surface area (Å²) < 4.78 is 25.2. The first-order chi connectivity index (χ1) is 13.8. The van der Waals surface area contributed by atoms with Gasteiger partial charge in [0.25, 0.3) is 5.91 Å². The predicted octanol–water partition coefficient (Wildman–Crippen LogP) is 3.89. The molecule has 148 valence electrons. The van der Waals surface area contributed by atoms with Crippen LogP contribution in [-0.4, -0.2) is 26.3 Å². The van der Waals surface area contributed by atoms with Gasteiger partial charge in [-0.15, -0.1) is 0 Å². The van der Waals surface area contributed by atoms with Crippen LogP contribution in [-0.2, 0) is 10.0 Å². The third-order valence-electron chi connectivity index (χ3n) is 3.89. The smallest absolute Gasteiger partial charge is 0.271 e. The van der Waals surface area contributed by atoms with E-state index < -0.39 is 15.9 Å². The van der Waals surface area contributed by atoms with Gasteiger partial charge < -0.3 is 0 Å². The number of sulfonamides is 1. The van der Waals surface area contributed by atoms with E-state index in [1.165, 1.54) is 18.2 Å². The Balaban J connectivity index is 1.90. The Morgan fingerprint density at radius 3 is 1.93 bits per heavy atom. The highest BCUT2D eigenvalue weighted by atomic mass is 35.5. The van der Waals surface area contributed by atoms with E-state index in [9.17, 15) is 13.2 Å². The summed E-state index contributed by atoms with van der Waals surface area (Å²) in [7, 11) is -3.53. The van der Waals surface area contributed by atoms with E-state index in [-0.39, 0.29) is 16.3 Å². The van der Waals surface area contributed by atoms with Gasteiger partial charge in [0.2, 0.25) is 10.0 Å². The van der Waals surface area contributed by atoms with Crippen molar-refractivity contribution in [3.63, 3.8) is 0 Å². The Kier molecular flexibility index (Phi) is 6.31. The van der Waals surface area contributed by atoms with Crippen LogP contribution in [0.2, 0.25) is 5.02 Å². The van der Waals surface area contributed by atoms with Crippen LogP contribution in [0.5, 0.6) is 0 Å². The van der Waals surface area contributed by atoms with E-state index in [4.69, 9.17) is 11.6 Å². The molecular formula is C21H18ClN3O3S. The molecule has 0 radical (unpaired) electrons. The summed E-state index contributed by atoms with van der Waals surface area (Å²) in [5.74, 6) is -0.498. The van der Waals surface area contributed by atoms with Crippen molar-refractivity contribution in [2.45, 2.75) is 0 Å². The second-order valence-electron chi connectivity index (χ2n) is 6.20. The number of nitrogens with one attached hydrogen (secondary N) is 2. The van der Waals surface area contributed by atoms with Gasteiger partial charge in [-0.2, -0.15) is 5.10 Å². The van der Waals surface area contributed by atoms with E-state index in [2.05, 4.69) is 15.2 Å². The van der Waals surface area contributed by atoms with Crippen molar-refractivity contribution < 1.29 is 13.2 Å². The number of hydrogen-bond acceptors (Lipinski definition) is 4. The summed E-state index contributed by atoms with van der Waals surface area (Å²) in [6, 6.07) is 23.2. The minimum absolute atomic E-state index is 0.122. The molecule has 0 heterocycles. The lowest BCUT2D eigenvalue weighted by atomic mass is 10.0. The minimum atomic E-state index is -3.53. The zero-order valence-corrected chi connectivity index (χ0v) is 17.0. The maximum Gasteiger partial charge on any atom is 0.271 e. The molecule has 8 heteroatoms. The topological polar surface area (TPSA) is 87.6 Å². The van der Waals surface area contributed by atoms with Crippen molar-refractivity contribution >= 4 is 38.9 Å². The zero-order valence-electron chi connectivity index (χ0n) is 15.5. The molecule has 6 nitrogen and oxygen atoms in total. The highest BCUT2D eigenvalue weighted by Gasteiger charge is 2.13. The van der Waals surface area contributed by atoms with Crippen molar-refractivity contribution in [3.05, 3.63) is 101 Å². The molecule has 0 saturated heterocycles. The average Bonchev–Trinajstić information content (AvgIpc) is 2.70. The molecule has 0 aromatic heterocycles. The maximum absolute atomic E-state index is 12.6. The molecule has 3 rings (SSSR count). The fraction of sp³-hybridized carbons (Fsp3) is 0.0476. The third-order valence-corrected chi connectivity index (χ3v) is 4.81. The average molecular weight is 428 g/mol. The summed E-state index contributed by atoms with van der Waals surface area (Å²) in [6.45, 7) is 0. The Labute approximate surface area is 174 Å². The number of hydrogen-bond donors (Lipinski definition) is 2. The number of carbonyl (C=O) groups excluding carboxylic acids is 1. The van der Waals surface area contributed by atoms with Crippen molar-refractivity contribution in [3.8, 4) is 0 Å². The van der Waals surface area contributed by atoms with Gasteiger partial charge in [0.15, 0.2) is 0 Å². The Morgan fingerprint density at radius 2 is 1.41 bits per heavy atom. The van der Waals surface area contributed by atoms with E-state index in [1.54, 1.807) is 0 Å². The largest absolute Gasteiger partial charge is 0.282 e. The Bertz CT molecular complexity index is 1110. The number of carbonyl (C=O) groups is 1. The molecule has 2 N–H and O–H groups in total. The Morgan fingerprint density at radius 1 is 0.862 bits per heavy atom. The van der Waals surface area contributed by atoms with Crippen LogP contribution in [0.15, 0.2) is 84.0 Å². The first-order valence-corrected chi connectivity index (χ1v) is 10.9. The van der Waals surface area contributed by atoms with Crippen molar-refractivity contribution in [1.82, 2.24) is 5.43 Å². The fourth-order valence-corrected chi connectivity index (χ4v) is 3.39. The standard InChI is InChI=1S/C21H18ClN3O3S/c1-29(27,28)25-19-14-17(12-13-18(19)22)21(26)24-23-20(15-8-4-2-5-9-15)16-10-6-3-7-11-16/h2-14,25H,1H3,(H,24,26). The molecule has 3 aromatic rings.